The molecule has 0 fully saturated rings. The summed E-state index contributed by atoms with van der Waals surface area (Å²) >= 11 is 1.86. The summed E-state index contributed by atoms with van der Waals surface area (Å²) in [6, 6.07) is 29.8. The van der Waals surface area contributed by atoms with Gasteiger partial charge in [0.15, 0.2) is 0 Å². The maximum Gasteiger partial charge on any atom is 0.0716 e. The van der Waals surface area contributed by atoms with Crippen LogP contribution >= 0.6 is 11.3 Å². The van der Waals surface area contributed by atoms with E-state index in [2.05, 4.69) is 77.8 Å². The van der Waals surface area contributed by atoms with Gasteiger partial charge in [-0.1, -0.05) is 72.8 Å². The fourth-order valence-electron chi connectivity index (χ4n) is 3.39. The summed E-state index contributed by atoms with van der Waals surface area (Å²) < 4.78 is 2.65. The van der Waals surface area contributed by atoms with Gasteiger partial charge in [0.2, 0.25) is 0 Å². The lowest BCUT2D eigenvalue weighted by Crippen LogP contribution is -1.81. The van der Waals surface area contributed by atoms with Crippen LogP contribution in [-0.2, 0) is 0 Å². The van der Waals surface area contributed by atoms with E-state index < -0.39 is 0 Å². The summed E-state index contributed by atoms with van der Waals surface area (Å²) in [5, 5.41) is 2.63. The second-order valence-electron chi connectivity index (χ2n) is 6.05. The van der Waals surface area contributed by atoms with E-state index in [9.17, 15) is 0 Å². The van der Waals surface area contributed by atoms with E-state index in [-0.39, 0.29) is 0 Å². The predicted molar refractivity (Wildman–Crippen MR) is 108 cm³/mol. The molecule has 0 atom stereocenters. The molecular formula is C23H15NS. The zero-order valence-corrected chi connectivity index (χ0v) is 14.3. The first-order valence-corrected chi connectivity index (χ1v) is 9.14. The number of rotatable bonds is 2. The van der Waals surface area contributed by atoms with Gasteiger partial charge in [0.25, 0.3) is 0 Å². The molecule has 0 saturated carbocycles. The molecule has 0 aliphatic rings. The molecule has 0 spiro atoms. The number of hydrogen-bond acceptors (Lipinski definition) is 2. The fourth-order valence-corrected chi connectivity index (χ4v) is 4.75. The molecule has 0 radical (unpaired) electrons. The SMILES string of the molecule is c1ccc(-c2cccc3c2sc2c(-c4ccccn4)cccc23)cc1. The molecule has 118 valence electrons. The molecule has 25 heavy (non-hydrogen) atoms. The third-order valence-corrected chi connectivity index (χ3v) is 5.84. The first-order chi connectivity index (χ1) is 12.4. The highest BCUT2D eigenvalue weighted by Gasteiger charge is 2.13. The van der Waals surface area contributed by atoms with Crippen molar-refractivity contribution in [1.29, 1.82) is 0 Å². The van der Waals surface area contributed by atoms with Gasteiger partial charge in [0, 0.05) is 31.9 Å². The van der Waals surface area contributed by atoms with Crippen LogP contribution in [0.1, 0.15) is 0 Å². The largest absolute Gasteiger partial charge is 0.256 e. The molecule has 0 N–H and O–H groups in total. The molecule has 1 nitrogen and oxygen atoms in total. The van der Waals surface area contributed by atoms with Crippen LogP contribution in [-0.4, -0.2) is 4.98 Å². The van der Waals surface area contributed by atoms with Gasteiger partial charge in [-0.3, -0.25) is 4.98 Å². The lowest BCUT2D eigenvalue weighted by Gasteiger charge is -2.02. The van der Waals surface area contributed by atoms with Crippen LogP contribution in [0.25, 0.3) is 42.6 Å². The maximum absolute atomic E-state index is 4.56. The van der Waals surface area contributed by atoms with Crippen molar-refractivity contribution in [3.8, 4) is 22.4 Å². The van der Waals surface area contributed by atoms with Crippen molar-refractivity contribution < 1.29 is 0 Å². The highest BCUT2D eigenvalue weighted by molar-refractivity contribution is 7.26. The number of hydrogen-bond donors (Lipinski definition) is 0. The number of fused-ring (bicyclic) bond motifs is 3. The van der Waals surface area contributed by atoms with Gasteiger partial charge in [0.1, 0.15) is 0 Å². The normalized spacial score (nSPS) is 11.2. The Balaban J connectivity index is 1.85. The Kier molecular flexibility index (Phi) is 3.36. The van der Waals surface area contributed by atoms with Gasteiger partial charge < -0.3 is 0 Å². The summed E-state index contributed by atoms with van der Waals surface area (Å²) in [4.78, 5) is 4.56. The Labute approximate surface area is 150 Å². The van der Waals surface area contributed by atoms with Gasteiger partial charge in [-0.25, -0.2) is 0 Å². The molecule has 0 amide bonds. The van der Waals surface area contributed by atoms with Gasteiger partial charge in [0.05, 0.1) is 5.69 Å². The smallest absolute Gasteiger partial charge is 0.0716 e. The Hall–Kier alpha value is -2.97. The summed E-state index contributed by atoms with van der Waals surface area (Å²) in [6.07, 6.45) is 1.86. The third kappa shape index (κ3) is 2.34. The molecule has 0 aliphatic carbocycles. The number of benzene rings is 3. The zero-order valence-electron chi connectivity index (χ0n) is 13.5. The molecule has 3 aromatic carbocycles. The predicted octanol–water partition coefficient (Wildman–Crippen LogP) is 6.78. The minimum absolute atomic E-state index is 1.03. The summed E-state index contributed by atoms with van der Waals surface area (Å²) in [5.74, 6) is 0. The molecule has 2 heteroatoms. The van der Waals surface area contributed by atoms with Gasteiger partial charge in [-0.05, 0) is 23.3 Å². The van der Waals surface area contributed by atoms with Crippen LogP contribution in [0.2, 0.25) is 0 Å². The lowest BCUT2D eigenvalue weighted by molar-refractivity contribution is 1.33. The minimum Gasteiger partial charge on any atom is -0.256 e. The quantitative estimate of drug-likeness (QED) is 0.346. The molecule has 0 unspecified atom stereocenters. The van der Waals surface area contributed by atoms with Crippen LogP contribution in [0.15, 0.2) is 91.1 Å². The molecule has 5 aromatic rings. The minimum atomic E-state index is 1.03. The van der Waals surface area contributed by atoms with Crippen molar-refractivity contribution >= 4 is 31.5 Å². The third-order valence-electron chi connectivity index (χ3n) is 4.55. The first kappa shape index (κ1) is 14.4. The number of pyridine rings is 1. The van der Waals surface area contributed by atoms with Crippen LogP contribution in [0, 0.1) is 0 Å². The van der Waals surface area contributed by atoms with Gasteiger partial charge >= 0.3 is 0 Å². The van der Waals surface area contributed by atoms with Crippen LogP contribution in [0.3, 0.4) is 0 Å². The molecule has 2 aromatic heterocycles. The Morgan fingerprint density at radius 1 is 0.560 bits per heavy atom. The number of nitrogens with zero attached hydrogens (tertiary/aromatic N) is 1. The monoisotopic (exact) mass is 337 g/mol. The Bertz CT molecular complexity index is 1080. The molecule has 0 saturated heterocycles. The zero-order chi connectivity index (χ0) is 16.6. The number of aromatic nitrogens is 1. The van der Waals surface area contributed by atoms with Crippen molar-refractivity contribution in [3.05, 3.63) is 91.1 Å². The standard InChI is InChI=1S/C23H15NS/c1-2-8-16(9-3-1)17-10-6-11-18-19-12-7-13-20(23(19)25-22(17)18)21-14-4-5-15-24-21/h1-15H. The van der Waals surface area contributed by atoms with Gasteiger partial charge in [-0.2, -0.15) is 0 Å². The van der Waals surface area contributed by atoms with Crippen molar-refractivity contribution in [1.82, 2.24) is 4.98 Å². The molecule has 5 rings (SSSR count). The van der Waals surface area contributed by atoms with E-state index in [0.717, 1.165) is 5.69 Å². The van der Waals surface area contributed by atoms with E-state index in [1.54, 1.807) is 0 Å². The van der Waals surface area contributed by atoms with Crippen LogP contribution in [0.5, 0.6) is 0 Å². The maximum atomic E-state index is 4.56. The fraction of sp³-hybridized carbons (Fsp3) is 0. The Morgan fingerprint density at radius 2 is 1.24 bits per heavy atom. The molecule has 0 bridgehead atoms. The summed E-state index contributed by atoms with van der Waals surface area (Å²) in [5.41, 5.74) is 4.80. The van der Waals surface area contributed by atoms with Crippen LogP contribution in [0.4, 0.5) is 0 Å². The van der Waals surface area contributed by atoms with Crippen molar-refractivity contribution in [2.24, 2.45) is 0 Å². The lowest BCUT2D eigenvalue weighted by atomic mass is 10.0. The van der Waals surface area contributed by atoms with Gasteiger partial charge in [-0.15, -0.1) is 11.3 Å². The molecule has 0 aliphatic heterocycles. The van der Waals surface area contributed by atoms with Crippen molar-refractivity contribution in [2.45, 2.75) is 0 Å². The molecule has 2 heterocycles. The summed E-state index contributed by atoms with van der Waals surface area (Å²) in [6.45, 7) is 0. The molecular weight excluding hydrogens is 322 g/mol. The second kappa shape index (κ2) is 5.83. The van der Waals surface area contributed by atoms with Crippen molar-refractivity contribution in [3.63, 3.8) is 0 Å². The van der Waals surface area contributed by atoms with E-state index >= 15 is 0 Å². The Morgan fingerprint density at radius 3 is 1.96 bits per heavy atom. The van der Waals surface area contributed by atoms with Crippen LogP contribution < -0.4 is 0 Å². The highest BCUT2D eigenvalue weighted by Crippen LogP contribution is 2.43. The number of thiophene rings is 1. The van der Waals surface area contributed by atoms with E-state index in [1.807, 2.05) is 29.7 Å². The van der Waals surface area contributed by atoms with E-state index in [4.69, 9.17) is 0 Å². The summed E-state index contributed by atoms with van der Waals surface area (Å²) in [7, 11) is 0. The van der Waals surface area contributed by atoms with E-state index in [0.29, 0.717) is 0 Å². The average molecular weight is 337 g/mol. The van der Waals surface area contributed by atoms with Crippen molar-refractivity contribution in [2.75, 3.05) is 0 Å². The highest BCUT2D eigenvalue weighted by atomic mass is 32.1. The average Bonchev–Trinajstić information content (AvgIpc) is 3.08. The van der Waals surface area contributed by atoms with E-state index in [1.165, 1.54) is 36.9 Å². The second-order valence-corrected chi connectivity index (χ2v) is 7.07. The topological polar surface area (TPSA) is 12.9 Å². The first-order valence-electron chi connectivity index (χ1n) is 8.33.